The fraction of sp³-hybridized carbons (Fsp3) is 0.360. The summed E-state index contributed by atoms with van der Waals surface area (Å²) in [4.78, 5) is 10.9. The standard InChI is InChI=1S/C25H28N4O/c1-3-12-29(13-4-2)19-14-18-16-26-22-11-10-20(21(15-19)23(18)22)25-27-24(28-30-25)17-8-6-5-7-9-17/h5-11,16,19,26H,3-4,12-15H2,1-2H3/t19-/m0/s1. The van der Waals surface area contributed by atoms with Gasteiger partial charge >= 0.3 is 0 Å². The van der Waals surface area contributed by atoms with Crippen LogP contribution in [-0.4, -0.2) is 39.2 Å². The second kappa shape index (κ2) is 8.07. The lowest BCUT2D eigenvalue weighted by atomic mass is 9.85. The van der Waals surface area contributed by atoms with Crippen LogP contribution in [0.5, 0.6) is 0 Å². The molecule has 0 unspecified atom stereocenters. The van der Waals surface area contributed by atoms with Crippen LogP contribution >= 0.6 is 0 Å². The van der Waals surface area contributed by atoms with E-state index in [4.69, 9.17) is 9.51 Å². The second-order valence-electron chi connectivity index (χ2n) is 8.22. The van der Waals surface area contributed by atoms with Gasteiger partial charge in [-0.1, -0.05) is 49.3 Å². The molecule has 0 aliphatic heterocycles. The van der Waals surface area contributed by atoms with Crippen molar-refractivity contribution < 1.29 is 4.52 Å². The summed E-state index contributed by atoms with van der Waals surface area (Å²) in [6.45, 7) is 6.82. The Balaban J connectivity index is 1.56. The van der Waals surface area contributed by atoms with Crippen LogP contribution in [0, 0.1) is 0 Å². The summed E-state index contributed by atoms with van der Waals surface area (Å²) >= 11 is 0. The van der Waals surface area contributed by atoms with E-state index in [1.165, 1.54) is 34.9 Å². The lowest BCUT2D eigenvalue weighted by Crippen LogP contribution is -2.41. The maximum absolute atomic E-state index is 5.74. The first-order chi connectivity index (χ1) is 14.8. The molecule has 1 aliphatic carbocycles. The van der Waals surface area contributed by atoms with Crippen LogP contribution in [0.4, 0.5) is 0 Å². The van der Waals surface area contributed by atoms with Gasteiger partial charge in [0.05, 0.1) is 0 Å². The van der Waals surface area contributed by atoms with Crippen LogP contribution in [0.3, 0.4) is 0 Å². The monoisotopic (exact) mass is 400 g/mol. The Morgan fingerprint density at radius 2 is 1.83 bits per heavy atom. The highest BCUT2D eigenvalue weighted by atomic mass is 16.5. The van der Waals surface area contributed by atoms with Gasteiger partial charge in [-0.3, -0.25) is 4.90 Å². The number of benzene rings is 2. The second-order valence-corrected chi connectivity index (χ2v) is 8.22. The van der Waals surface area contributed by atoms with Crippen molar-refractivity contribution in [1.82, 2.24) is 20.0 Å². The Labute approximate surface area is 177 Å². The van der Waals surface area contributed by atoms with E-state index in [-0.39, 0.29) is 0 Å². The predicted molar refractivity (Wildman–Crippen MR) is 120 cm³/mol. The summed E-state index contributed by atoms with van der Waals surface area (Å²) in [6, 6.07) is 14.8. The smallest absolute Gasteiger partial charge is 0.258 e. The van der Waals surface area contributed by atoms with Gasteiger partial charge in [0.1, 0.15) is 0 Å². The number of aromatic amines is 1. The van der Waals surface area contributed by atoms with Crippen molar-refractivity contribution in [3.05, 3.63) is 59.8 Å². The summed E-state index contributed by atoms with van der Waals surface area (Å²) in [6.07, 6.45) is 6.65. The third-order valence-corrected chi connectivity index (χ3v) is 6.16. The molecule has 5 rings (SSSR count). The summed E-state index contributed by atoms with van der Waals surface area (Å²) in [7, 11) is 0. The number of hydrogen-bond acceptors (Lipinski definition) is 4. The summed E-state index contributed by atoms with van der Waals surface area (Å²) in [5, 5.41) is 5.60. The zero-order valence-corrected chi connectivity index (χ0v) is 17.7. The fourth-order valence-electron chi connectivity index (χ4n) is 4.85. The molecule has 0 fully saturated rings. The van der Waals surface area contributed by atoms with E-state index < -0.39 is 0 Å². The molecule has 1 aliphatic rings. The third-order valence-electron chi connectivity index (χ3n) is 6.16. The van der Waals surface area contributed by atoms with Gasteiger partial charge in [0.25, 0.3) is 5.89 Å². The number of hydrogen-bond donors (Lipinski definition) is 1. The molecular weight excluding hydrogens is 372 g/mol. The van der Waals surface area contributed by atoms with E-state index in [1.54, 1.807) is 0 Å². The molecule has 1 atom stereocenters. The lowest BCUT2D eigenvalue weighted by Gasteiger charge is -2.34. The molecule has 0 spiro atoms. The minimum absolute atomic E-state index is 0.508. The summed E-state index contributed by atoms with van der Waals surface area (Å²) in [5.74, 6) is 1.24. The average Bonchev–Trinajstić information content (AvgIpc) is 3.43. The minimum atomic E-state index is 0.508. The van der Waals surface area contributed by atoms with E-state index in [1.807, 2.05) is 30.3 Å². The molecule has 5 nitrogen and oxygen atoms in total. The van der Waals surface area contributed by atoms with Crippen LogP contribution in [-0.2, 0) is 12.8 Å². The molecule has 0 amide bonds. The third kappa shape index (κ3) is 3.33. The lowest BCUT2D eigenvalue weighted by molar-refractivity contribution is 0.192. The maximum atomic E-state index is 5.74. The highest BCUT2D eigenvalue weighted by Gasteiger charge is 2.29. The van der Waals surface area contributed by atoms with Crippen molar-refractivity contribution >= 4 is 10.9 Å². The van der Waals surface area contributed by atoms with Crippen LogP contribution in [0.1, 0.15) is 37.8 Å². The predicted octanol–water partition coefficient (Wildman–Crippen LogP) is 5.47. The highest BCUT2D eigenvalue weighted by Crippen LogP contribution is 2.38. The van der Waals surface area contributed by atoms with Crippen molar-refractivity contribution in [2.24, 2.45) is 0 Å². The molecule has 154 valence electrons. The topological polar surface area (TPSA) is 58.0 Å². The van der Waals surface area contributed by atoms with Gasteiger partial charge in [0.15, 0.2) is 0 Å². The molecule has 0 saturated carbocycles. The van der Waals surface area contributed by atoms with E-state index >= 15 is 0 Å². The molecule has 2 heterocycles. The zero-order chi connectivity index (χ0) is 20.5. The molecule has 2 aromatic heterocycles. The van der Waals surface area contributed by atoms with Crippen LogP contribution < -0.4 is 0 Å². The Kier molecular flexibility index (Phi) is 5.13. The van der Waals surface area contributed by atoms with E-state index in [9.17, 15) is 0 Å². The Morgan fingerprint density at radius 3 is 2.60 bits per heavy atom. The Bertz CT molecular complexity index is 1140. The van der Waals surface area contributed by atoms with E-state index in [2.05, 4.69) is 47.2 Å². The van der Waals surface area contributed by atoms with Crippen LogP contribution in [0.15, 0.2) is 53.2 Å². The van der Waals surface area contributed by atoms with Gasteiger partial charge in [0.2, 0.25) is 5.82 Å². The first-order valence-electron chi connectivity index (χ1n) is 11.0. The first-order valence-corrected chi connectivity index (χ1v) is 11.0. The number of H-pyrrole nitrogens is 1. The van der Waals surface area contributed by atoms with Gasteiger partial charge < -0.3 is 9.51 Å². The molecule has 0 radical (unpaired) electrons. The average molecular weight is 401 g/mol. The SMILES string of the molecule is CCCN(CCC)[C@H]1Cc2c[nH]c3ccc(-c4nc(-c5ccccc5)no4)c(c23)C1. The van der Waals surface area contributed by atoms with Gasteiger partial charge in [0, 0.05) is 34.3 Å². The normalized spacial score (nSPS) is 15.9. The molecule has 5 heteroatoms. The summed E-state index contributed by atoms with van der Waals surface area (Å²) < 4.78 is 5.74. The Hall–Kier alpha value is -2.92. The van der Waals surface area contributed by atoms with Crippen molar-refractivity contribution in [2.75, 3.05) is 13.1 Å². The maximum Gasteiger partial charge on any atom is 0.258 e. The van der Waals surface area contributed by atoms with Gasteiger partial charge in [-0.15, -0.1) is 0 Å². The molecule has 4 aromatic rings. The first kappa shape index (κ1) is 19.1. The van der Waals surface area contributed by atoms with E-state index in [0.29, 0.717) is 17.8 Å². The highest BCUT2D eigenvalue weighted by molar-refractivity contribution is 5.92. The molecule has 30 heavy (non-hydrogen) atoms. The minimum Gasteiger partial charge on any atom is -0.361 e. The Morgan fingerprint density at radius 1 is 1.03 bits per heavy atom. The van der Waals surface area contributed by atoms with Crippen molar-refractivity contribution in [1.29, 1.82) is 0 Å². The number of rotatable bonds is 7. The van der Waals surface area contributed by atoms with Gasteiger partial charge in [-0.05, 0) is 62.0 Å². The van der Waals surface area contributed by atoms with Gasteiger partial charge in [-0.25, -0.2) is 0 Å². The van der Waals surface area contributed by atoms with Crippen LogP contribution in [0.2, 0.25) is 0 Å². The number of aromatic nitrogens is 3. The van der Waals surface area contributed by atoms with Crippen molar-refractivity contribution in [2.45, 2.75) is 45.6 Å². The van der Waals surface area contributed by atoms with Gasteiger partial charge in [-0.2, -0.15) is 4.98 Å². The molecule has 2 aromatic carbocycles. The molecular formula is C25H28N4O. The van der Waals surface area contributed by atoms with Crippen molar-refractivity contribution in [3.63, 3.8) is 0 Å². The van der Waals surface area contributed by atoms with Crippen molar-refractivity contribution in [3.8, 4) is 22.8 Å². The number of nitrogens with zero attached hydrogens (tertiary/aromatic N) is 3. The molecule has 1 N–H and O–H groups in total. The fourth-order valence-corrected chi connectivity index (χ4v) is 4.85. The van der Waals surface area contributed by atoms with Crippen LogP contribution in [0.25, 0.3) is 33.7 Å². The zero-order valence-electron chi connectivity index (χ0n) is 17.7. The molecule has 0 bridgehead atoms. The molecule has 0 saturated heterocycles. The quantitative estimate of drug-likeness (QED) is 0.447. The summed E-state index contributed by atoms with van der Waals surface area (Å²) in [5.41, 5.74) is 5.97. The largest absolute Gasteiger partial charge is 0.361 e. The number of nitrogens with one attached hydrogen (secondary N) is 1. The van der Waals surface area contributed by atoms with E-state index in [0.717, 1.165) is 37.1 Å².